The van der Waals surface area contributed by atoms with Crippen molar-refractivity contribution in [2.75, 3.05) is 25.5 Å². The Balaban J connectivity index is 0.000000211. The van der Waals surface area contributed by atoms with Gasteiger partial charge in [-0.3, -0.25) is 4.79 Å². The van der Waals surface area contributed by atoms with Gasteiger partial charge in [-0.1, -0.05) is 6.07 Å². The summed E-state index contributed by atoms with van der Waals surface area (Å²) in [6.07, 6.45) is 6.37. The Morgan fingerprint density at radius 2 is 2.04 bits per heavy atom. The van der Waals surface area contributed by atoms with Crippen LogP contribution in [-0.2, 0) is 9.53 Å². The number of aryl methyl sites for hydroxylation is 1. The molecule has 8 heteroatoms. The monoisotopic (exact) mass is 381 g/mol. The number of hydrogen-bond acceptors (Lipinski definition) is 5. The number of anilines is 1. The molecule has 1 saturated heterocycles. The van der Waals surface area contributed by atoms with Gasteiger partial charge in [0, 0.05) is 30.5 Å². The van der Waals surface area contributed by atoms with Crippen molar-refractivity contribution in [3.8, 4) is 11.4 Å². The minimum atomic E-state index is -0.187. The van der Waals surface area contributed by atoms with Crippen LogP contribution in [0.15, 0.2) is 42.7 Å². The second-order valence-corrected chi connectivity index (χ2v) is 6.42. The Labute approximate surface area is 163 Å². The van der Waals surface area contributed by atoms with Crippen LogP contribution in [0.25, 0.3) is 16.9 Å². The van der Waals surface area contributed by atoms with Crippen LogP contribution in [0.4, 0.5) is 10.5 Å². The summed E-state index contributed by atoms with van der Waals surface area (Å²) in [5.74, 6) is 0.635. The number of benzene rings is 1. The van der Waals surface area contributed by atoms with Gasteiger partial charge in [0.15, 0.2) is 5.82 Å². The number of fused-ring (bicyclic) bond motifs is 1. The van der Waals surface area contributed by atoms with E-state index in [1.54, 1.807) is 15.6 Å². The second-order valence-electron chi connectivity index (χ2n) is 6.42. The van der Waals surface area contributed by atoms with E-state index in [0.717, 1.165) is 48.3 Å². The number of aromatic nitrogens is 3. The first-order chi connectivity index (χ1) is 13.6. The molecule has 0 radical (unpaired) electrons. The molecule has 4 rings (SSSR count). The van der Waals surface area contributed by atoms with Crippen LogP contribution in [0.3, 0.4) is 0 Å². The number of hydrogen-bond donors (Lipinski definition) is 1. The van der Waals surface area contributed by atoms with Crippen molar-refractivity contribution < 1.29 is 14.3 Å². The average Bonchev–Trinajstić information content (AvgIpc) is 3.41. The van der Waals surface area contributed by atoms with E-state index < -0.39 is 0 Å². The molecule has 1 fully saturated rings. The highest BCUT2D eigenvalue weighted by Crippen LogP contribution is 2.23. The summed E-state index contributed by atoms with van der Waals surface area (Å²) in [5.41, 5.74) is 3.64. The molecule has 146 valence electrons. The highest BCUT2D eigenvalue weighted by Gasteiger charge is 2.17. The molecule has 2 aromatic heterocycles. The van der Waals surface area contributed by atoms with Gasteiger partial charge in [0.1, 0.15) is 0 Å². The quantitative estimate of drug-likeness (QED) is 0.704. The number of nitrogens with one attached hydrogen (secondary N) is 1. The highest BCUT2D eigenvalue weighted by atomic mass is 16.5. The minimum Gasteiger partial charge on any atom is -0.453 e. The zero-order valence-electron chi connectivity index (χ0n) is 16.0. The van der Waals surface area contributed by atoms with Gasteiger partial charge < -0.3 is 15.0 Å². The molecule has 1 aromatic carbocycles. The lowest BCUT2D eigenvalue weighted by Crippen LogP contribution is -2.27. The van der Waals surface area contributed by atoms with E-state index in [9.17, 15) is 9.59 Å². The maximum absolute atomic E-state index is 10.7. The fourth-order valence-corrected chi connectivity index (χ4v) is 3.01. The van der Waals surface area contributed by atoms with Gasteiger partial charge in [-0.25, -0.2) is 14.3 Å². The van der Waals surface area contributed by atoms with Crippen LogP contribution in [0.1, 0.15) is 18.4 Å². The zero-order valence-corrected chi connectivity index (χ0v) is 16.0. The van der Waals surface area contributed by atoms with Crippen molar-refractivity contribution in [3.05, 3.63) is 48.3 Å². The molecule has 3 aromatic rings. The van der Waals surface area contributed by atoms with Crippen LogP contribution in [0.5, 0.6) is 0 Å². The summed E-state index contributed by atoms with van der Waals surface area (Å²) < 4.78 is 6.30. The first kappa shape index (κ1) is 19.3. The fourth-order valence-electron chi connectivity index (χ4n) is 3.01. The fraction of sp³-hybridized carbons (Fsp3) is 0.300. The summed E-state index contributed by atoms with van der Waals surface area (Å²) >= 11 is 0. The van der Waals surface area contributed by atoms with Crippen LogP contribution < -0.4 is 5.32 Å². The lowest BCUT2D eigenvalue weighted by atomic mass is 10.1. The van der Waals surface area contributed by atoms with Gasteiger partial charge in [-0.2, -0.15) is 0 Å². The molecule has 3 heterocycles. The number of amides is 2. The summed E-state index contributed by atoms with van der Waals surface area (Å²) in [5, 5.41) is 7.09. The van der Waals surface area contributed by atoms with Gasteiger partial charge in [-0.15, -0.1) is 5.10 Å². The molecule has 0 aliphatic carbocycles. The van der Waals surface area contributed by atoms with E-state index in [-0.39, 0.29) is 6.09 Å². The number of rotatable bonds is 3. The summed E-state index contributed by atoms with van der Waals surface area (Å²) in [6.45, 7) is 3.72. The number of ether oxygens (including phenoxy) is 1. The SMILES string of the molecule is COC(=O)N1CCCC1.Cc1ccc(NC=O)cc1-c1ncc2cccn2n1. The molecule has 8 nitrogen and oxygen atoms in total. The van der Waals surface area contributed by atoms with Crippen LogP contribution >= 0.6 is 0 Å². The molecule has 0 saturated carbocycles. The standard InChI is InChI=1S/C14H12N4O.C6H11NO2/c1-10-4-5-11(16-9-19)7-13(10)14-15-8-12-3-2-6-18(12)17-14;1-9-6(8)7-4-2-3-5-7/h2-9H,1H3,(H,16,19);2-5H2,1H3. The largest absolute Gasteiger partial charge is 0.453 e. The molecule has 1 aliphatic rings. The first-order valence-electron chi connectivity index (χ1n) is 9.07. The maximum atomic E-state index is 10.7. The topological polar surface area (TPSA) is 88.8 Å². The van der Waals surface area contributed by atoms with Crippen molar-refractivity contribution >= 4 is 23.7 Å². The Morgan fingerprint density at radius 3 is 2.75 bits per heavy atom. The average molecular weight is 381 g/mol. The molecular weight excluding hydrogens is 358 g/mol. The smallest absolute Gasteiger partial charge is 0.409 e. The van der Waals surface area contributed by atoms with Gasteiger partial charge in [-0.05, 0) is 49.6 Å². The van der Waals surface area contributed by atoms with Gasteiger partial charge in [0.2, 0.25) is 6.41 Å². The number of carbonyl (C=O) groups is 2. The van der Waals surface area contributed by atoms with E-state index in [1.807, 2.05) is 43.5 Å². The van der Waals surface area contributed by atoms with Gasteiger partial charge >= 0.3 is 6.09 Å². The van der Waals surface area contributed by atoms with Crippen LogP contribution in [0.2, 0.25) is 0 Å². The number of likely N-dealkylation sites (tertiary alicyclic amines) is 1. The van der Waals surface area contributed by atoms with Crippen molar-refractivity contribution in [2.45, 2.75) is 19.8 Å². The summed E-state index contributed by atoms with van der Waals surface area (Å²) in [6, 6.07) is 9.52. The Kier molecular flexibility index (Phi) is 6.21. The molecule has 0 spiro atoms. The molecule has 28 heavy (non-hydrogen) atoms. The predicted octanol–water partition coefficient (Wildman–Crippen LogP) is 3.12. The molecule has 1 aliphatic heterocycles. The van der Waals surface area contributed by atoms with Crippen LogP contribution in [-0.4, -0.2) is 52.2 Å². The highest BCUT2D eigenvalue weighted by molar-refractivity contribution is 5.75. The lowest BCUT2D eigenvalue weighted by molar-refractivity contribution is -0.105. The summed E-state index contributed by atoms with van der Waals surface area (Å²) in [7, 11) is 1.42. The predicted molar refractivity (Wildman–Crippen MR) is 106 cm³/mol. The first-order valence-corrected chi connectivity index (χ1v) is 9.07. The molecular formula is C20H23N5O3. The third-order valence-electron chi connectivity index (χ3n) is 4.52. The molecule has 1 N–H and O–H groups in total. The van der Waals surface area contributed by atoms with E-state index >= 15 is 0 Å². The zero-order chi connectivity index (χ0) is 19.9. The maximum Gasteiger partial charge on any atom is 0.409 e. The number of nitrogens with zero attached hydrogens (tertiary/aromatic N) is 4. The van der Waals surface area contributed by atoms with E-state index in [4.69, 9.17) is 0 Å². The minimum absolute atomic E-state index is 0.187. The number of methoxy groups -OCH3 is 1. The van der Waals surface area contributed by atoms with Crippen molar-refractivity contribution in [1.82, 2.24) is 19.5 Å². The van der Waals surface area contributed by atoms with Gasteiger partial charge in [0.25, 0.3) is 0 Å². The number of carbonyl (C=O) groups excluding carboxylic acids is 2. The van der Waals surface area contributed by atoms with Crippen LogP contribution in [0, 0.1) is 6.92 Å². The second kappa shape index (κ2) is 8.98. The van der Waals surface area contributed by atoms with E-state index in [0.29, 0.717) is 12.2 Å². The third kappa shape index (κ3) is 4.46. The molecule has 0 unspecified atom stereocenters. The Bertz CT molecular complexity index is 963. The Morgan fingerprint density at radius 1 is 1.25 bits per heavy atom. The van der Waals surface area contributed by atoms with E-state index in [1.165, 1.54) is 7.11 Å². The van der Waals surface area contributed by atoms with Crippen molar-refractivity contribution in [2.24, 2.45) is 0 Å². The molecule has 0 atom stereocenters. The summed E-state index contributed by atoms with van der Waals surface area (Å²) in [4.78, 5) is 27.3. The third-order valence-corrected chi connectivity index (χ3v) is 4.52. The lowest BCUT2D eigenvalue weighted by Gasteiger charge is -2.11. The normalized spacial score (nSPS) is 13.0. The Hall–Kier alpha value is -3.42. The van der Waals surface area contributed by atoms with Crippen molar-refractivity contribution in [3.63, 3.8) is 0 Å². The molecule has 2 amide bonds. The molecule has 0 bridgehead atoms. The van der Waals surface area contributed by atoms with Crippen molar-refractivity contribution in [1.29, 1.82) is 0 Å². The van der Waals surface area contributed by atoms with Gasteiger partial charge in [0.05, 0.1) is 18.8 Å². The van der Waals surface area contributed by atoms with E-state index in [2.05, 4.69) is 20.1 Å².